The van der Waals surface area contributed by atoms with Gasteiger partial charge in [0.05, 0.1) is 13.0 Å². The second-order valence-corrected chi connectivity index (χ2v) is 6.32. The molecule has 0 fully saturated rings. The highest BCUT2D eigenvalue weighted by molar-refractivity contribution is 5.95. The standard InChI is InChI=1S/C16H25N5O10/c17-6-11(23)19-9(5-13(26)27)15(29)20-7(2-4-12(24)25)14(28)21-8(16(30)31)1-3-10(18)22/h7-9H,1-6,17H2,(H2,18,22)(H,19,23)(H,20,29)(H,21,28)(H,24,25)(H,26,27)(H,30,31). The molecule has 31 heavy (non-hydrogen) atoms. The number of hydrogen-bond acceptors (Lipinski definition) is 8. The van der Waals surface area contributed by atoms with E-state index >= 15 is 0 Å². The monoisotopic (exact) mass is 447 g/mol. The third-order valence-electron chi connectivity index (χ3n) is 3.79. The van der Waals surface area contributed by atoms with E-state index in [1.807, 2.05) is 5.32 Å². The van der Waals surface area contributed by atoms with Crippen molar-refractivity contribution in [2.75, 3.05) is 6.54 Å². The van der Waals surface area contributed by atoms with Gasteiger partial charge in [-0.25, -0.2) is 4.79 Å². The van der Waals surface area contributed by atoms with E-state index in [1.165, 1.54) is 0 Å². The first kappa shape index (κ1) is 27.2. The zero-order chi connectivity index (χ0) is 24.1. The van der Waals surface area contributed by atoms with Crippen LogP contribution < -0.4 is 27.4 Å². The number of aliphatic carboxylic acids is 3. The molecule has 0 aromatic rings. The Morgan fingerprint density at radius 1 is 0.710 bits per heavy atom. The van der Waals surface area contributed by atoms with Gasteiger partial charge in [-0.3, -0.25) is 28.8 Å². The lowest BCUT2D eigenvalue weighted by atomic mass is 10.1. The molecular formula is C16H25N5O10. The average molecular weight is 447 g/mol. The van der Waals surface area contributed by atoms with Crippen molar-refractivity contribution in [3.63, 3.8) is 0 Å². The van der Waals surface area contributed by atoms with E-state index in [0.29, 0.717) is 0 Å². The van der Waals surface area contributed by atoms with Crippen molar-refractivity contribution < 1.29 is 48.9 Å². The van der Waals surface area contributed by atoms with Crippen molar-refractivity contribution >= 4 is 41.5 Å². The summed E-state index contributed by atoms with van der Waals surface area (Å²) in [6.45, 7) is -0.549. The van der Waals surface area contributed by atoms with Gasteiger partial charge in [-0.15, -0.1) is 0 Å². The van der Waals surface area contributed by atoms with Gasteiger partial charge < -0.3 is 42.7 Å². The number of primary amides is 1. The molecule has 15 heteroatoms. The lowest BCUT2D eigenvalue weighted by molar-refractivity contribution is -0.144. The average Bonchev–Trinajstić information content (AvgIpc) is 2.66. The van der Waals surface area contributed by atoms with Crippen molar-refractivity contribution in [3.05, 3.63) is 0 Å². The topological polar surface area (TPSA) is 268 Å². The number of nitrogens with two attached hydrogens (primary N) is 2. The molecule has 0 aromatic carbocycles. The van der Waals surface area contributed by atoms with Gasteiger partial charge in [-0.05, 0) is 12.8 Å². The molecule has 4 amide bonds. The Kier molecular flexibility index (Phi) is 11.8. The maximum Gasteiger partial charge on any atom is 0.326 e. The molecule has 0 aliphatic heterocycles. The van der Waals surface area contributed by atoms with Crippen LogP contribution in [0.1, 0.15) is 32.1 Å². The first-order valence-electron chi connectivity index (χ1n) is 8.92. The maximum absolute atomic E-state index is 12.5. The zero-order valence-electron chi connectivity index (χ0n) is 16.3. The van der Waals surface area contributed by atoms with Crippen molar-refractivity contribution in [2.45, 2.75) is 50.2 Å². The van der Waals surface area contributed by atoms with Crippen LogP contribution in [0.15, 0.2) is 0 Å². The molecule has 0 saturated carbocycles. The second kappa shape index (κ2) is 13.5. The molecule has 0 rings (SSSR count). The molecule has 0 aromatic heterocycles. The van der Waals surface area contributed by atoms with Gasteiger partial charge in [0.25, 0.3) is 0 Å². The van der Waals surface area contributed by atoms with Gasteiger partial charge >= 0.3 is 17.9 Å². The van der Waals surface area contributed by atoms with Gasteiger partial charge in [-0.1, -0.05) is 0 Å². The van der Waals surface area contributed by atoms with Crippen LogP contribution in [-0.4, -0.2) is 81.5 Å². The molecular weight excluding hydrogens is 422 g/mol. The molecule has 174 valence electrons. The fourth-order valence-electron chi connectivity index (χ4n) is 2.26. The SMILES string of the molecule is NCC(=O)NC(CC(=O)O)C(=O)NC(CCC(=O)O)C(=O)NC(CCC(N)=O)C(=O)O. The minimum atomic E-state index is -1.63. The van der Waals surface area contributed by atoms with Gasteiger partial charge in [0.1, 0.15) is 18.1 Å². The molecule has 3 atom stereocenters. The molecule has 0 aliphatic carbocycles. The van der Waals surface area contributed by atoms with Crippen LogP contribution >= 0.6 is 0 Å². The van der Waals surface area contributed by atoms with E-state index in [2.05, 4.69) is 10.6 Å². The number of carbonyl (C=O) groups excluding carboxylic acids is 4. The Morgan fingerprint density at radius 3 is 1.68 bits per heavy atom. The summed E-state index contributed by atoms with van der Waals surface area (Å²) >= 11 is 0. The maximum atomic E-state index is 12.5. The van der Waals surface area contributed by atoms with E-state index in [-0.39, 0.29) is 12.8 Å². The van der Waals surface area contributed by atoms with Gasteiger partial charge in [0.15, 0.2) is 0 Å². The van der Waals surface area contributed by atoms with E-state index < -0.39 is 85.5 Å². The third-order valence-corrected chi connectivity index (χ3v) is 3.79. The van der Waals surface area contributed by atoms with E-state index in [9.17, 15) is 33.6 Å². The first-order chi connectivity index (χ1) is 14.4. The van der Waals surface area contributed by atoms with Crippen LogP contribution in [0.4, 0.5) is 0 Å². The summed E-state index contributed by atoms with van der Waals surface area (Å²) in [6, 6.07) is -4.76. The molecule has 0 heterocycles. The quantitative estimate of drug-likeness (QED) is 0.120. The predicted molar refractivity (Wildman–Crippen MR) is 100 cm³/mol. The molecule has 15 nitrogen and oxygen atoms in total. The second-order valence-electron chi connectivity index (χ2n) is 6.32. The number of hydrogen-bond donors (Lipinski definition) is 8. The van der Waals surface area contributed by atoms with Crippen LogP contribution in [0.3, 0.4) is 0 Å². The highest BCUT2D eigenvalue weighted by Crippen LogP contribution is 2.04. The lowest BCUT2D eigenvalue weighted by Crippen LogP contribution is -2.56. The number of amides is 4. The predicted octanol–water partition coefficient (Wildman–Crippen LogP) is -3.91. The fourth-order valence-corrected chi connectivity index (χ4v) is 2.26. The molecule has 0 bridgehead atoms. The lowest BCUT2D eigenvalue weighted by Gasteiger charge is -2.23. The van der Waals surface area contributed by atoms with Crippen molar-refractivity contribution in [1.82, 2.24) is 16.0 Å². The number of nitrogens with one attached hydrogen (secondary N) is 3. The van der Waals surface area contributed by atoms with Crippen molar-refractivity contribution in [2.24, 2.45) is 11.5 Å². The Labute approximate surface area is 175 Å². The Hall–Kier alpha value is -3.75. The fraction of sp³-hybridized carbons (Fsp3) is 0.562. The van der Waals surface area contributed by atoms with Crippen LogP contribution in [0.5, 0.6) is 0 Å². The molecule has 0 radical (unpaired) electrons. The van der Waals surface area contributed by atoms with Crippen LogP contribution in [0.25, 0.3) is 0 Å². The van der Waals surface area contributed by atoms with E-state index in [4.69, 9.17) is 26.8 Å². The number of carbonyl (C=O) groups is 7. The largest absolute Gasteiger partial charge is 0.481 e. The van der Waals surface area contributed by atoms with Gasteiger partial charge in [0, 0.05) is 12.8 Å². The number of carboxylic acids is 3. The molecule has 0 spiro atoms. The Balaban J connectivity index is 5.46. The third kappa shape index (κ3) is 11.7. The Bertz CT molecular complexity index is 726. The summed E-state index contributed by atoms with van der Waals surface area (Å²) in [5.41, 5.74) is 10.0. The molecule has 0 aliphatic rings. The smallest absolute Gasteiger partial charge is 0.326 e. The summed E-state index contributed by atoms with van der Waals surface area (Å²) in [4.78, 5) is 80.2. The van der Waals surface area contributed by atoms with E-state index in [0.717, 1.165) is 0 Å². The Morgan fingerprint density at radius 2 is 1.23 bits per heavy atom. The molecule has 0 saturated heterocycles. The molecule has 3 unspecified atom stereocenters. The van der Waals surface area contributed by atoms with Crippen LogP contribution in [0.2, 0.25) is 0 Å². The highest BCUT2D eigenvalue weighted by Gasteiger charge is 2.30. The van der Waals surface area contributed by atoms with Crippen molar-refractivity contribution in [1.29, 1.82) is 0 Å². The summed E-state index contributed by atoms with van der Waals surface area (Å²) in [5, 5.41) is 33.1. The number of carboxylic acid groups (broad SMARTS) is 3. The summed E-state index contributed by atoms with van der Waals surface area (Å²) in [7, 11) is 0. The van der Waals surface area contributed by atoms with E-state index in [1.54, 1.807) is 0 Å². The highest BCUT2D eigenvalue weighted by atomic mass is 16.4. The van der Waals surface area contributed by atoms with Crippen molar-refractivity contribution in [3.8, 4) is 0 Å². The van der Waals surface area contributed by atoms with Crippen LogP contribution in [0, 0.1) is 0 Å². The zero-order valence-corrected chi connectivity index (χ0v) is 16.3. The minimum absolute atomic E-state index is 0.357. The van der Waals surface area contributed by atoms with Gasteiger partial charge in [-0.2, -0.15) is 0 Å². The first-order valence-corrected chi connectivity index (χ1v) is 8.92. The normalized spacial score (nSPS) is 13.2. The summed E-state index contributed by atoms with van der Waals surface area (Å²) in [5.74, 6) is -8.18. The minimum Gasteiger partial charge on any atom is -0.481 e. The number of rotatable bonds is 15. The molecule has 10 N–H and O–H groups in total. The summed E-state index contributed by atoms with van der Waals surface area (Å²) in [6.07, 6.45) is -2.66. The van der Waals surface area contributed by atoms with Crippen LogP contribution in [-0.2, 0) is 33.6 Å². The summed E-state index contributed by atoms with van der Waals surface area (Å²) < 4.78 is 0. The van der Waals surface area contributed by atoms with Gasteiger partial charge in [0.2, 0.25) is 23.6 Å².